The van der Waals surface area contributed by atoms with Gasteiger partial charge >= 0.3 is 0 Å². The molecule has 3 N–H and O–H groups in total. The van der Waals surface area contributed by atoms with Gasteiger partial charge < -0.3 is 25.1 Å². The highest BCUT2D eigenvalue weighted by Crippen LogP contribution is 2.26. The van der Waals surface area contributed by atoms with Crippen LogP contribution in [0.4, 0.5) is 0 Å². The van der Waals surface area contributed by atoms with Crippen LogP contribution in [0.25, 0.3) is 0 Å². The predicted octanol–water partition coefficient (Wildman–Crippen LogP) is 2.62. The van der Waals surface area contributed by atoms with Crippen molar-refractivity contribution in [2.75, 3.05) is 33.7 Å². The van der Waals surface area contributed by atoms with E-state index < -0.39 is 5.60 Å². The Morgan fingerprint density at radius 1 is 1.24 bits per heavy atom. The number of hydrogen-bond acceptors (Lipinski definition) is 4. The van der Waals surface area contributed by atoms with Crippen molar-refractivity contribution in [2.24, 2.45) is 4.99 Å². The first-order valence-electron chi connectivity index (χ1n) is 8.49. The summed E-state index contributed by atoms with van der Waals surface area (Å²) in [5.74, 6) is 2.25. The summed E-state index contributed by atoms with van der Waals surface area (Å²) in [7, 11) is 4.09. The normalized spacial score (nSPS) is 14.9. The van der Waals surface area contributed by atoms with Crippen LogP contribution in [0.5, 0.6) is 0 Å². The average Bonchev–Trinajstić information content (AvgIpc) is 2.81. The van der Waals surface area contributed by atoms with E-state index in [1.165, 1.54) is 0 Å². The Morgan fingerprint density at radius 3 is 2.28 bits per heavy atom. The molecule has 0 aliphatic heterocycles. The SMILES string of the molecule is CCNC(=NCC(C)(C)N(C)C)NCC(C)(O)c1cc(C)oc1C.I. The first-order valence-corrected chi connectivity index (χ1v) is 8.49. The van der Waals surface area contributed by atoms with E-state index in [0.717, 1.165) is 23.6 Å². The number of furan rings is 1. The van der Waals surface area contributed by atoms with Crippen molar-refractivity contribution >= 4 is 29.9 Å². The van der Waals surface area contributed by atoms with Gasteiger partial charge in [0, 0.05) is 17.6 Å². The fraction of sp³-hybridized carbons (Fsp3) is 0.722. The molecule has 0 saturated carbocycles. The van der Waals surface area contributed by atoms with Crippen molar-refractivity contribution in [3.63, 3.8) is 0 Å². The molecule has 1 aromatic heterocycles. The molecule has 0 spiro atoms. The topological polar surface area (TPSA) is 73.0 Å². The molecule has 1 unspecified atom stereocenters. The number of hydrogen-bond donors (Lipinski definition) is 3. The Kier molecular flexibility index (Phi) is 9.46. The number of aryl methyl sites for hydroxylation is 2. The van der Waals surface area contributed by atoms with Crippen LogP contribution in [0.1, 0.15) is 44.8 Å². The second-order valence-corrected chi connectivity index (χ2v) is 7.36. The number of halogens is 1. The molecule has 25 heavy (non-hydrogen) atoms. The summed E-state index contributed by atoms with van der Waals surface area (Å²) in [6.45, 7) is 13.6. The number of nitrogens with zero attached hydrogens (tertiary/aromatic N) is 2. The van der Waals surface area contributed by atoms with Gasteiger partial charge in [-0.25, -0.2) is 0 Å². The van der Waals surface area contributed by atoms with Crippen molar-refractivity contribution in [1.82, 2.24) is 15.5 Å². The number of aliphatic hydroxyl groups is 1. The average molecular weight is 466 g/mol. The molecule has 0 amide bonds. The van der Waals surface area contributed by atoms with E-state index in [1.807, 2.05) is 40.9 Å². The Hall–Kier alpha value is -0.800. The molecule has 0 aromatic carbocycles. The molecule has 7 heteroatoms. The number of nitrogens with one attached hydrogen (secondary N) is 2. The molecular formula is C18H35IN4O2. The van der Waals surface area contributed by atoms with E-state index in [4.69, 9.17) is 4.42 Å². The van der Waals surface area contributed by atoms with Gasteiger partial charge in [0.2, 0.25) is 0 Å². The Morgan fingerprint density at radius 2 is 1.84 bits per heavy atom. The predicted molar refractivity (Wildman–Crippen MR) is 115 cm³/mol. The van der Waals surface area contributed by atoms with Crippen LogP contribution in [0, 0.1) is 13.8 Å². The number of aliphatic imine (C=N–C) groups is 1. The molecule has 0 radical (unpaired) electrons. The van der Waals surface area contributed by atoms with E-state index in [2.05, 4.69) is 34.4 Å². The summed E-state index contributed by atoms with van der Waals surface area (Å²) in [4.78, 5) is 6.80. The second-order valence-electron chi connectivity index (χ2n) is 7.36. The number of guanidine groups is 1. The quantitative estimate of drug-likeness (QED) is 0.328. The standard InChI is InChI=1S/C18H34N4O2.HI/c1-9-19-16(20-11-17(4,5)22(7)8)21-12-18(6,23)15-10-13(2)24-14(15)3;/h10,23H,9,11-12H2,1-8H3,(H2,19,20,21);1H. The largest absolute Gasteiger partial charge is 0.466 e. The first-order chi connectivity index (χ1) is 11.0. The molecule has 0 aliphatic carbocycles. The van der Waals surface area contributed by atoms with Crippen LogP contribution in [-0.2, 0) is 5.60 Å². The van der Waals surface area contributed by atoms with E-state index in [-0.39, 0.29) is 29.5 Å². The lowest BCUT2D eigenvalue weighted by molar-refractivity contribution is 0.0601. The van der Waals surface area contributed by atoms with Crippen molar-refractivity contribution in [3.05, 3.63) is 23.2 Å². The zero-order chi connectivity index (χ0) is 18.5. The van der Waals surface area contributed by atoms with E-state index in [0.29, 0.717) is 19.0 Å². The molecule has 0 aliphatic rings. The summed E-state index contributed by atoms with van der Waals surface area (Å²) in [6, 6.07) is 1.89. The highest BCUT2D eigenvalue weighted by molar-refractivity contribution is 14.0. The van der Waals surface area contributed by atoms with Gasteiger partial charge in [-0.3, -0.25) is 4.99 Å². The third kappa shape index (κ3) is 7.15. The van der Waals surface area contributed by atoms with E-state index >= 15 is 0 Å². The smallest absolute Gasteiger partial charge is 0.191 e. The van der Waals surface area contributed by atoms with Crippen LogP contribution in [0.15, 0.2) is 15.5 Å². The minimum absolute atomic E-state index is 0. The molecule has 1 aromatic rings. The highest BCUT2D eigenvalue weighted by Gasteiger charge is 2.28. The third-order valence-electron chi connectivity index (χ3n) is 4.40. The van der Waals surface area contributed by atoms with Gasteiger partial charge in [-0.15, -0.1) is 24.0 Å². The van der Waals surface area contributed by atoms with Crippen molar-refractivity contribution in [1.29, 1.82) is 0 Å². The maximum Gasteiger partial charge on any atom is 0.191 e. The van der Waals surface area contributed by atoms with Crippen molar-refractivity contribution in [2.45, 2.75) is 52.7 Å². The molecule has 6 nitrogen and oxygen atoms in total. The maximum absolute atomic E-state index is 10.8. The van der Waals surface area contributed by atoms with Gasteiger partial charge in [0.1, 0.15) is 17.1 Å². The minimum Gasteiger partial charge on any atom is -0.466 e. The lowest BCUT2D eigenvalue weighted by Gasteiger charge is -2.31. The van der Waals surface area contributed by atoms with Crippen molar-refractivity contribution in [3.8, 4) is 0 Å². The summed E-state index contributed by atoms with van der Waals surface area (Å²) in [5.41, 5.74) is -0.268. The molecular weight excluding hydrogens is 431 g/mol. The molecule has 0 saturated heterocycles. The lowest BCUT2D eigenvalue weighted by atomic mass is 9.96. The van der Waals surface area contributed by atoms with Gasteiger partial charge in [-0.2, -0.15) is 0 Å². The summed E-state index contributed by atoms with van der Waals surface area (Å²) in [6.07, 6.45) is 0. The van der Waals surface area contributed by atoms with Crippen LogP contribution in [0.2, 0.25) is 0 Å². The Labute approximate surface area is 169 Å². The van der Waals surface area contributed by atoms with Crippen LogP contribution in [0.3, 0.4) is 0 Å². The highest BCUT2D eigenvalue weighted by atomic mass is 127. The molecule has 146 valence electrons. The monoisotopic (exact) mass is 466 g/mol. The van der Waals surface area contributed by atoms with Gasteiger partial charge in [0.05, 0.1) is 13.1 Å². The zero-order valence-electron chi connectivity index (χ0n) is 16.9. The number of likely N-dealkylation sites (N-methyl/N-ethyl adjacent to an activating group) is 1. The molecule has 1 atom stereocenters. The fourth-order valence-corrected chi connectivity index (χ4v) is 2.27. The lowest BCUT2D eigenvalue weighted by Crippen LogP contribution is -2.46. The molecule has 1 heterocycles. The van der Waals surface area contributed by atoms with Crippen LogP contribution >= 0.6 is 24.0 Å². The minimum atomic E-state index is -1.03. The number of rotatable bonds is 7. The Balaban J connectivity index is 0.00000576. The van der Waals surface area contributed by atoms with Gasteiger partial charge in [0.15, 0.2) is 5.96 Å². The first kappa shape index (κ1) is 24.2. The molecule has 0 bridgehead atoms. The van der Waals surface area contributed by atoms with Gasteiger partial charge in [-0.05, 0) is 61.7 Å². The Bertz CT molecular complexity index is 565. The van der Waals surface area contributed by atoms with Crippen molar-refractivity contribution < 1.29 is 9.52 Å². The fourth-order valence-electron chi connectivity index (χ4n) is 2.27. The maximum atomic E-state index is 10.8. The van der Waals surface area contributed by atoms with Gasteiger partial charge in [-0.1, -0.05) is 0 Å². The van der Waals surface area contributed by atoms with E-state index in [9.17, 15) is 5.11 Å². The zero-order valence-corrected chi connectivity index (χ0v) is 19.2. The molecule has 1 rings (SSSR count). The summed E-state index contributed by atoms with van der Waals surface area (Å²) >= 11 is 0. The summed E-state index contributed by atoms with van der Waals surface area (Å²) < 4.78 is 5.53. The third-order valence-corrected chi connectivity index (χ3v) is 4.40. The van der Waals surface area contributed by atoms with E-state index in [1.54, 1.807) is 6.92 Å². The summed E-state index contributed by atoms with van der Waals surface area (Å²) in [5, 5.41) is 17.3. The molecule has 0 fully saturated rings. The second kappa shape index (κ2) is 9.78. The van der Waals surface area contributed by atoms with Gasteiger partial charge in [0.25, 0.3) is 0 Å². The van der Waals surface area contributed by atoms with Crippen LogP contribution in [-0.4, -0.2) is 55.2 Å². The van der Waals surface area contributed by atoms with Crippen LogP contribution < -0.4 is 10.6 Å².